The number of ether oxygens (including phenoxy) is 2. The number of benzene rings is 2. The number of aromatic nitrogens is 2. The van der Waals surface area contributed by atoms with E-state index in [-0.39, 0.29) is 12.1 Å². The van der Waals surface area contributed by atoms with Crippen molar-refractivity contribution in [3.63, 3.8) is 0 Å². The van der Waals surface area contributed by atoms with E-state index in [0.29, 0.717) is 24.8 Å². The van der Waals surface area contributed by atoms with Crippen LogP contribution in [0, 0.1) is 0 Å². The van der Waals surface area contributed by atoms with E-state index in [1.165, 1.54) is 7.11 Å². The molecule has 7 nitrogen and oxygen atoms in total. The van der Waals surface area contributed by atoms with Gasteiger partial charge in [-0.25, -0.2) is 4.79 Å². The van der Waals surface area contributed by atoms with Gasteiger partial charge in [-0.3, -0.25) is 4.90 Å². The number of para-hydroxylation sites is 2. The molecule has 1 unspecified atom stereocenters. The number of carbonyl (C=O) groups excluding carboxylic acids is 1. The molecule has 0 bridgehead atoms. The molecule has 1 fully saturated rings. The highest BCUT2D eigenvalue weighted by Gasteiger charge is 2.32. The van der Waals surface area contributed by atoms with Crippen LogP contribution in [-0.4, -0.2) is 47.4 Å². The van der Waals surface area contributed by atoms with Crippen LogP contribution >= 0.6 is 0 Å². The molecule has 3 aromatic rings. The van der Waals surface area contributed by atoms with Gasteiger partial charge in [0.2, 0.25) is 11.8 Å². The van der Waals surface area contributed by atoms with Crippen LogP contribution in [0.5, 0.6) is 11.8 Å². The van der Waals surface area contributed by atoms with Crippen LogP contribution in [0.3, 0.4) is 0 Å². The Morgan fingerprint density at radius 1 is 0.931 bits per heavy atom. The summed E-state index contributed by atoms with van der Waals surface area (Å²) in [6.07, 6.45) is 0.603. The van der Waals surface area contributed by atoms with Crippen molar-refractivity contribution in [1.29, 1.82) is 0 Å². The SMILES string of the molecule is COc1ccc(OC2CCN(C(=O)N(c3ccccc3)c3ccccc3)C2)nn1. The van der Waals surface area contributed by atoms with Crippen LogP contribution in [0.15, 0.2) is 72.8 Å². The highest BCUT2D eigenvalue weighted by atomic mass is 16.5. The Morgan fingerprint density at radius 2 is 1.52 bits per heavy atom. The molecule has 0 radical (unpaired) electrons. The molecule has 1 aromatic heterocycles. The van der Waals surface area contributed by atoms with Crippen molar-refractivity contribution in [1.82, 2.24) is 15.1 Å². The second-order valence-electron chi connectivity index (χ2n) is 6.68. The van der Waals surface area contributed by atoms with Crippen LogP contribution in [0.25, 0.3) is 0 Å². The number of amides is 2. The Kier molecular flexibility index (Phi) is 5.56. The number of urea groups is 1. The maximum Gasteiger partial charge on any atom is 0.329 e. The lowest BCUT2D eigenvalue weighted by atomic mass is 10.2. The molecule has 2 amide bonds. The minimum absolute atomic E-state index is 0.0747. The molecule has 29 heavy (non-hydrogen) atoms. The summed E-state index contributed by atoms with van der Waals surface area (Å²) in [7, 11) is 1.54. The summed E-state index contributed by atoms with van der Waals surface area (Å²) in [5, 5.41) is 7.92. The van der Waals surface area contributed by atoms with Gasteiger partial charge in [0, 0.05) is 25.1 Å². The Balaban J connectivity index is 1.48. The van der Waals surface area contributed by atoms with E-state index in [2.05, 4.69) is 10.2 Å². The Morgan fingerprint density at radius 3 is 2.07 bits per heavy atom. The molecule has 0 saturated carbocycles. The molecule has 1 saturated heterocycles. The average Bonchev–Trinajstić information content (AvgIpc) is 3.24. The van der Waals surface area contributed by atoms with Crippen LogP contribution in [0.1, 0.15) is 6.42 Å². The largest absolute Gasteiger partial charge is 0.480 e. The van der Waals surface area contributed by atoms with E-state index in [4.69, 9.17) is 9.47 Å². The topological polar surface area (TPSA) is 67.8 Å². The van der Waals surface area contributed by atoms with Crippen LogP contribution < -0.4 is 14.4 Å². The summed E-state index contributed by atoms with van der Waals surface area (Å²) in [6, 6.07) is 22.7. The zero-order chi connectivity index (χ0) is 20.1. The monoisotopic (exact) mass is 390 g/mol. The van der Waals surface area contributed by atoms with Gasteiger partial charge in [-0.05, 0) is 24.3 Å². The quantitative estimate of drug-likeness (QED) is 0.661. The van der Waals surface area contributed by atoms with E-state index in [0.717, 1.165) is 17.8 Å². The van der Waals surface area contributed by atoms with E-state index < -0.39 is 0 Å². The zero-order valence-corrected chi connectivity index (χ0v) is 16.1. The third kappa shape index (κ3) is 4.29. The van der Waals surface area contributed by atoms with Crippen molar-refractivity contribution in [2.45, 2.75) is 12.5 Å². The van der Waals surface area contributed by atoms with Crippen molar-refractivity contribution >= 4 is 17.4 Å². The molecule has 4 rings (SSSR count). The molecule has 7 heteroatoms. The summed E-state index contributed by atoms with van der Waals surface area (Å²) >= 11 is 0. The Bertz CT molecular complexity index is 896. The van der Waals surface area contributed by atoms with Gasteiger partial charge < -0.3 is 14.4 Å². The first-order valence-corrected chi connectivity index (χ1v) is 9.48. The van der Waals surface area contributed by atoms with Gasteiger partial charge in [0.25, 0.3) is 0 Å². The van der Waals surface area contributed by atoms with Gasteiger partial charge in [0.1, 0.15) is 6.10 Å². The molecule has 2 aromatic carbocycles. The summed E-state index contributed by atoms with van der Waals surface area (Å²) in [5.74, 6) is 0.856. The average molecular weight is 390 g/mol. The number of likely N-dealkylation sites (tertiary alicyclic amines) is 1. The Labute approximate surface area is 169 Å². The number of rotatable bonds is 5. The predicted molar refractivity (Wildman–Crippen MR) is 110 cm³/mol. The lowest BCUT2D eigenvalue weighted by Gasteiger charge is -2.28. The molecule has 2 heterocycles. The number of anilines is 2. The molecular weight excluding hydrogens is 368 g/mol. The minimum atomic E-state index is -0.130. The lowest BCUT2D eigenvalue weighted by Crippen LogP contribution is -2.40. The number of nitrogens with zero attached hydrogens (tertiary/aromatic N) is 4. The first-order valence-electron chi connectivity index (χ1n) is 9.48. The maximum atomic E-state index is 13.4. The van der Waals surface area contributed by atoms with Gasteiger partial charge in [0.05, 0.1) is 25.0 Å². The summed E-state index contributed by atoms with van der Waals surface area (Å²) in [4.78, 5) is 16.9. The van der Waals surface area contributed by atoms with Crippen molar-refractivity contribution in [2.24, 2.45) is 0 Å². The fourth-order valence-electron chi connectivity index (χ4n) is 3.31. The first kappa shape index (κ1) is 18.7. The summed E-state index contributed by atoms with van der Waals surface area (Å²) in [6.45, 7) is 1.10. The molecule has 148 valence electrons. The Hall–Kier alpha value is -3.61. The fourth-order valence-corrected chi connectivity index (χ4v) is 3.31. The first-order chi connectivity index (χ1) is 14.2. The van der Waals surface area contributed by atoms with Crippen LogP contribution in [0.4, 0.5) is 16.2 Å². The van der Waals surface area contributed by atoms with E-state index in [1.807, 2.05) is 65.6 Å². The van der Waals surface area contributed by atoms with Gasteiger partial charge in [-0.1, -0.05) is 36.4 Å². The van der Waals surface area contributed by atoms with Crippen molar-refractivity contribution < 1.29 is 14.3 Å². The van der Waals surface area contributed by atoms with E-state index in [1.54, 1.807) is 17.0 Å². The van der Waals surface area contributed by atoms with Crippen LogP contribution in [0.2, 0.25) is 0 Å². The molecule has 1 atom stereocenters. The highest BCUT2D eigenvalue weighted by Crippen LogP contribution is 2.28. The van der Waals surface area contributed by atoms with Crippen LogP contribution in [-0.2, 0) is 0 Å². The summed E-state index contributed by atoms with van der Waals surface area (Å²) in [5.41, 5.74) is 1.66. The van der Waals surface area contributed by atoms with E-state index in [9.17, 15) is 4.79 Å². The van der Waals surface area contributed by atoms with Gasteiger partial charge in [-0.15, -0.1) is 10.2 Å². The third-order valence-electron chi connectivity index (χ3n) is 4.75. The van der Waals surface area contributed by atoms with E-state index >= 15 is 0 Å². The fraction of sp³-hybridized carbons (Fsp3) is 0.227. The van der Waals surface area contributed by atoms with Gasteiger partial charge in [-0.2, -0.15) is 0 Å². The van der Waals surface area contributed by atoms with Gasteiger partial charge >= 0.3 is 6.03 Å². The minimum Gasteiger partial charge on any atom is -0.480 e. The second kappa shape index (κ2) is 8.60. The molecule has 0 aliphatic carbocycles. The number of carbonyl (C=O) groups is 1. The van der Waals surface area contributed by atoms with Crippen molar-refractivity contribution in [3.8, 4) is 11.8 Å². The van der Waals surface area contributed by atoms with Crippen molar-refractivity contribution in [2.75, 3.05) is 25.1 Å². The number of hydrogen-bond donors (Lipinski definition) is 0. The smallest absolute Gasteiger partial charge is 0.329 e. The second-order valence-corrected chi connectivity index (χ2v) is 6.68. The molecule has 1 aliphatic rings. The molecule has 0 spiro atoms. The summed E-state index contributed by atoms with van der Waals surface area (Å²) < 4.78 is 10.9. The van der Waals surface area contributed by atoms with Crippen molar-refractivity contribution in [3.05, 3.63) is 72.8 Å². The standard InChI is InChI=1S/C22H22N4O3/c1-28-20-12-13-21(24-23-20)29-19-14-15-25(16-19)22(27)26(17-8-4-2-5-9-17)18-10-6-3-7-11-18/h2-13,19H,14-16H2,1H3. The number of methoxy groups -OCH3 is 1. The third-order valence-corrected chi connectivity index (χ3v) is 4.75. The molecule has 1 aliphatic heterocycles. The normalized spacial score (nSPS) is 15.8. The predicted octanol–water partition coefficient (Wildman–Crippen LogP) is 3.90. The maximum absolute atomic E-state index is 13.4. The lowest BCUT2D eigenvalue weighted by molar-refractivity contribution is 0.186. The molecular formula is C22H22N4O3. The molecule has 0 N–H and O–H groups in total. The van der Waals surface area contributed by atoms with Gasteiger partial charge in [0.15, 0.2) is 0 Å². The highest BCUT2D eigenvalue weighted by molar-refractivity contribution is 5.99. The number of hydrogen-bond acceptors (Lipinski definition) is 5. The zero-order valence-electron chi connectivity index (χ0n) is 16.1.